The van der Waals surface area contributed by atoms with Gasteiger partial charge in [-0.15, -0.1) is 0 Å². The third-order valence-electron chi connectivity index (χ3n) is 3.73. The van der Waals surface area contributed by atoms with E-state index in [9.17, 15) is 24.5 Å². The van der Waals surface area contributed by atoms with Crippen LogP contribution in [0.2, 0.25) is 5.02 Å². The molecule has 9 nitrogen and oxygen atoms in total. The van der Waals surface area contributed by atoms with Crippen LogP contribution in [0.3, 0.4) is 0 Å². The Bertz CT molecular complexity index is 945. The van der Waals surface area contributed by atoms with Gasteiger partial charge in [0.15, 0.2) is 0 Å². The number of non-ortho nitro benzene ring substituents is 1. The average molecular weight is 405 g/mol. The maximum Gasteiger partial charge on any atom is 0.270 e. The number of anilines is 1. The molecule has 0 aliphatic carbocycles. The zero-order valence-electron chi connectivity index (χ0n) is 15.1. The van der Waals surface area contributed by atoms with E-state index in [1.807, 2.05) is 0 Å². The summed E-state index contributed by atoms with van der Waals surface area (Å²) >= 11 is 5.96. The molecule has 3 amide bonds. The lowest BCUT2D eigenvalue weighted by Crippen LogP contribution is -2.36. The Morgan fingerprint density at radius 2 is 1.75 bits per heavy atom. The highest BCUT2D eigenvalue weighted by molar-refractivity contribution is 6.34. The third-order valence-corrected chi connectivity index (χ3v) is 4.04. The number of para-hydroxylation sites is 1. The Labute approximate surface area is 165 Å². The molecule has 2 aromatic carbocycles. The Morgan fingerprint density at radius 1 is 1.07 bits per heavy atom. The summed E-state index contributed by atoms with van der Waals surface area (Å²) in [5, 5.41) is 15.7. The standard InChI is InChI=1S/C18H17ClN4O5/c1-22(2)16(24)10-20-17(25)13-5-3-4-6-15(13)21-18(26)12-8-7-11(23(27)28)9-14(12)19/h3-9H,10H2,1-2H3,(H,20,25)(H,21,26). The Hall–Kier alpha value is -3.46. The van der Waals surface area contributed by atoms with Gasteiger partial charge in [-0.2, -0.15) is 0 Å². The van der Waals surface area contributed by atoms with Gasteiger partial charge in [-0.3, -0.25) is 24.5 Å². The number of benzene rings is 2. The van der Waals surface area contributed by atoms with Gasteiger partial charge in [0.2, 0.25) is 5.91 Å². The number of carbonyl (C=O) groups is 3. The molecule has 2 aromatic rings. The zero-order valence-corrected chi connectivity index (χ0v) is 15.8. The molecule has 0 heterocycles. The summed E-state index contributed by atoms with van der Waals surface area (Å²) in [6.45, 7) is -0.192. The highest BCUT2D eigenvalue weighted by Crippen LogP contribution is 2.24. The van der Waals surface area contributed by atoms with Crippen LogP contribution in [-0.4, -0.2) is 48.2 Å². The molecule has 0 aromatic heterocycles. The summed E-state index contributed by atoms with van der Waals surface area (Å²) in [4.78, 5) is 48.0. The molecule has 146 valence electrons. The number of likely N-dealkylation sites (N-methyl/N-ethyl adjacent to an activating group) is 1. The molecule has 0 fully saturated rings. The number of amides is 3. The minimum absolute atomic E-state index is 0.0188. The second kappa shape index (κ2) is 8.96. The summed E-state index contributed by atoms with van der Waals surface area (Å²) in [5.41, 5.74) is 0.134. The van der Waals surface area contributed by atoms with Crippen LogP contribution in [0.25, 0.3) is 0 Å². The van der Waals surface area contributed by atoms with Crippen LogP contribution < -0.4 is 10.6 Å². The van der Waals surface area contributed by atoms with Gasteiger partial charge in [0.25, 0.3) is 17.5 Å². The van der Waals surface area contributed by atoms with Crippen molar-refractivity contribution >= 4 is 40.7 Å². The predicted octanol–water partition coefficient (Wildman–Crippen LogP) is 2.32. The first kappa shape index (κ1) is 20.8. The molecule has 10 heteroatoms. The maximum absolute atomic E-state index is 12.5. The summed E-state index contributed by atoms with van der Waals surface area (Å²) in [6, 6.07) is 9.69. The minimum atomic E-state index is -0.635. The average Bonchev–Trinajstić information content (AvgIpc) is 2.65. The van der Waals surface area contributed by atoms with Gasteiger partial charge in [0.05, 0.1) is 33.3 Å². The number of nitrogens with one attached hydrogen (secondary N) is 2. The van der Waals surface area contributed by atoms with Crippen molar-refractivity contribution in [1.82, 2.24) is 10.2 Å². The second-order valence-electron chi connectivity index (χ2n) is 5.89. The number of halogens is 1. The van der Waals surface area contributed by atoms with Crippen LogP contribution in [0.5, 0.6) is 0 Å². The number of rotatable bonds is 6. The molecule has 0 aliphatic heterocycles. The first-order valence-corrected chi connectivity index (χ1v) is 8.41. The van der Waals surface area contributed by atoms with Crippen molar-refractivity contribution in [2.75, 3.05) is 26.0 Å². The lowest BCUT2D eigenvalue weighted by Gasteiger charge is -2.13. The van der Waals surface area contributed by atoms with E-state index >= 15 is 0 Å². The smallest absolute Gasteiger partial charge is 0.270 e. The van der Waals surface area contributed by atoms with Gasteiger partial charge in [-0.05, 0) is 18.2 Å². The molecule has 0 saturated heterocycles. The number of hydrogen-bond donors (Lipinski definition) is 2. The van der Waals surface area contributed by atoms with E-state index in [4.69, 9.17) is 11.6 Å². The quantitative estimate of drug-likeness (QED) is 0.565. The van der Waals surface area contributed by atoms with Crippen molar-refractivity contribution in [3.05, 3.63) is 68.7 Å². The predicted molar refractivity (Wildman–Crippen MR) is 104 cm³/mol. The van der Waals surface area contributed by atoms with Gasteiger partial charge < -0.3 is 15.5 Å². The van der Waals surface area contributed by atoms with Gasteiger partial charge in [-0.1, -0.05) is 23.7 Å². The Morgan fingerprint density at radius 3 is 2.36 bits per heavy atom. The summed E-state index contributed by atoms with van der Waals surface area (Å²) in [5.74, 6) is -1.46. The number of hydrogen-bond acceptors (Lipinski definition) is 5. The zero-order chi connectivity index (χ0) is 20.8. The highest BCUT2D eigenvalue weighted by atomic mass is 35.5. The SMILES string of the molecule is CN(C)C(=O)CNC(=O)c1ccccc1NC(=O)c1ccc([N+](=O)[O-])cc1Cl. The van der Waals surface area contributed by atoms with Gasteiger partial charge in [0.1, 0.15) is 0 Å². The largest absolute Gasteiger partial charge is 0.347 e. The van der Waals surface area contributed by atoms with E-state index in [0.717, 1.165) is 12.1 Å². The molecule has 0 unspecified atom stereocenters. The van der Waals surface area contributed by atoms with Crippen molar-refractivity contribution < 1.29 is 19.3 Å². The summed E-state index contributed by atoms with van der Waals surface area (Å²) in [7, 11) is 3.13. The number of nitrogens with zero attached hydrogens (tertiary/aromatic N) is 2. The highest BCUT2D eigenvalue weighted by Gasteiger charge is 2.18. The molecule has 0 spiro atoms. The van der Waals surface area contributed by atoms with Crippen molar-refractivity contribution in [3.63, 3.8) is 0 Å². The van der Waals surface area contributed by atoms with Crippen molar-refractivity contribution in [2.45, 2.75) is 0 Å². The molecule has 0 atom stereocenters. The van der Waals surface area contributed by atoms with E-state index in [-0.39, 0.29) is 40.0 Å². The lowest BCUT2D eigenvalue weighted by atomic mass is 10.1. The number of carbonyl (C=O) groups excluding carboxylic acids is 3. The van der Waals surface area contributed by atoms with E-state index in [0.29, 0.717) is 0 Å². The third kappa shape index (κ3) is 5.04. The fourth-order valence-electron chi connectivity index (χ4n) is 2.19. The van der Waals surface area contributed by atoms with Gasteiger partial charge in [-0.25, -0.2) is 0 Å². The number of nitro benzene ring substituents is 1. The minimum Gasteiger partial charge on any atom is -0.347 e. The van der Waals surface area contributed by atoms with E-state index < -0.39 is 16.7 Å². The van der Waals surface area contributed by atoms with Crippen molar-refractivity contribution in [2.24, 2.45) is 0 Å². The summed E-state index contributed by atoms with van der Waals surface area (Å²) < 4.78 is 0. The van der Waals surface area contributed by atoms with Crippen molar-refractivity contribution in [3.8, 4) is 0 Å². The molecule has 0 bridgehead atoms. The fraction of sp³-hybridized carbons (Fsp3) is 0.167. The molecule has 0 radical (unpaired) electrons. The molecular weight excluding hydrogens is 388 g/mol. The second-order valence-corrected chi connectivity index (χ2v) is 6.30. The molecular formula is C18H17ClN4O5. The molecule has 0 saturated carbocycles. The summed E-state index contributed by atoms with van der Waals surface area (Å²) in [6.07, 6.45) is 0. The van der Waals surface area contributed by atoms with E-state index in [1.165, 1.54) is 23.1 Å². The Balaban J connectivity index is 2.19. The van der Waals surface area contributed by atoms with Crippen LogP contribution >= 0.6 is 11.6 Å². The van der Waals surface area contributed by atoms with E-state index in [2.05, 4.69) is 10.6 Å². The van der Waals surface area contributed by atoms with E-state index in [1.54, 1.807) is 26.2 Å². The normalized spacial score (nSPS) is 10.1. The Kier molecular flexibility index (Phi) is 6.67. The van der Waals surface area contributed by atoms with Gasteiger partial charge in [0, 0.05) is 26.2 Å². The van der Waals surface area contributed by atoms with Crippen LogP contribution in [-0.2, 0) is 4.79 Å². The van der Waals surface area contributed by atoms with Crippen LogP contribution in [0, 0.1) is 10.1 Å². The molecule has 2 rings (SSSR count). The van der Waals surface area contributed by atoms with Crippen LogP contribution in [0.1, 0.15) is 20.7 Å². The molecule has 28 heavy (non-hydrogen) atoms. The fourth-order valence-corrected chi connectivity index (χ4v) is 2.45. The monoisotopic (exact) mass is 404 g/mol. The van der Waals surface area contributed by atoms with Crippen LogP contribution in [0.15, 0.2) is 42.5 Å². The first-order valence-electron chi connectivity index (χ1n) is 8.03. The maximum atomic E-state index is 12.5. The molecule has 0 aliphatic rings. The van der Waals surface area contributed by atoms with Gasteiger partial charge >= 0.3 is 0 Å². The lowest BCUT2D eigenvalue weighted by molar-refractivity contribution is -0.384. The topological polar surface area (TPSA) is 122 Å². The first-order chi connectivity index (χ1) is 13.2. The van der Waals surface area contributed by atoms with Crippen LogP contribution in [0.4, 0.5) is 11.4 Å². The number of nitro groups is 1. The molecule has 2 N–H and O–H groups in total. The van der Waals surface area contributed by atoms with Crippen molar-refractivity contribution in [1.29, 1.82) is 0 Å².